The number of halogens is 3. The third-order valence-electron chi connectivity index (χ3n) is 12.4. The maximum atomic E-state index is 16.9. The highest BCUT2D eigenvalue weighted by Gasteiger charge is 2.42. The summed E-state index contributed by atoms with van der Waals surface area (Å²) >= 11 is 3.07. The fourth-order valence-corrected chi connectivity index (χ4v) is 12.7. The van der Waals surface area contributed by atoms with E-state index >= 15 is 13.2 Å². The van der Waals surface area contributed by atoms with Gasteiger partial charge in [-0.2, -0.15) is 0 Å². The minimum Gasteiger partial charge on any atom is -0.744 e. The molecule has 0 saturated heterocycles. The lowest BCUT2D eigenvalue weighted by atomic mass is 9.71. The molecular formula is C45H31F3NO6S3-. The van der Waals surface area contributed by atoms with Gasteiger partial charge in [-0.05, 0) is 72.7 Å². The maximum absolute atomic E-state index is 16.9. The number of nitrogens with zero attached hydrogens (tertiary/aromatic N) is 1. The molecule has 4 heterocycles. The second-order valence-electron chi connectivity index (χ2n) is 16.0. The van der Waals surface area contributed by atoms with Crippen LogP contribution in [0.5, 0.6) is 11.5 Å². The first kappa shape index (κ1) is 36.8. The molecule has 1 N–H and O–H groups in total. The molecule has 2 aromatic heterocycles. The SMILES string of the molecule is CC1=c2cc3c(cc2-c2sc4ccccc4c2C1(C)C)=C(c1c(F)c(F)c(C(=O)O)c(F)c1S(=O)(=O)[O-])c1cc2c(cc1O3)N(C)C(C)(C)c1c-2sc2ccccc12. The second-order valence-corrected chi connectivity index (χ2v) is 19.4. The number of carboxylic acids is 1. The van der Waals surface area contributed by atoms with Gasteiger partial charge < -0.3 is 19.3 Å². The second kappa shape index (κ2) is 11.8. The number of hydrogen-bond donors (Lipinski definition) is 1. The van der Waals surface area contributed by atoms with Gasteiger partial charge in [-0.25, -0.2) is 26.4 Å². The summed E-state index contributed by atoms with van der Waals surface area (Å²) in [7, 11) is -4.06. The van der Waals surface area contributed by atoms with Crippen LogP contribution in [-0.4, -0.2) is 31.1 Å². The van der Waals surface area contributed by atoms with Gasteiger partial charge in [0.05, 0.1) is 5.54 Å². The van der Waals surface area contributed by atoms with Gasteiger partial charge in [0.2, 0.25) is 0 Å². The average molecular weight is 835 g/mol. The Morgan fingerprint density at radius 2 is 1.38 bits per heavy atom. The van der Waals surface area contributed by atoms with Gasteiger partial charge in [-0.3, -0.25) is 0 Å². The minimum atomic E-state index is -5.99. The van der Waals surface area contributed by atoms with Gasteiger partial charge in [0.1, 0.15) is 32.1 Å². The molecule has 0 amide bonds. The summed E-state index contributed by atoms with van der Waals surface area (Å²) in [6.07, 6.45) is 0. The Bertz CT molecular complexity index is 3340. The third kappa shape index (κ3) is 4.69. The number of aromatic carboxylic acids is 1. The highest BCUT2D eigenvalue weighted by Crippen LogP contribution is 2.57. The van der Waals surface area contributed by atoms with Gasteiger partial charge in [0.15, 0.2) is 17.5 Å². The minimum absolute atomic E-state index is 0.0572. The van der Waals surface area contributed by atoms with E-state index in [1.807, 2.05) is 62.5 Å². The summed E-state index contributed by atoms with van der Waals surface area (Å²) < 4.78 is 97.0. The molecule has 0 bridgehead atoms. The largest absolute Gasteiger partial charge is 0.744 e. The third-order valence-corrected chi connectivity index (χ3v) is 15.7. The van der Waals surface area contributed by atoms with Crippen LogP contribution in [0.2, 0.25) is 0 Å². The standard InChI is InChI=1S/C45H32F3NO6S3/c1-19-22-17-28-25(15-23(22)40-35(44(19,2)3)20-11-7-9-13-30(20)56-40)32(33-37(46)38(47)34(43(50)51)39(48)42(33)58(52,53)54)26-16-24-27(18-29(26)55-28)49(6)45(4,5)36-21-12-8-10-14-31(21)57-41(24)36/h7-18H,1-6H3,(H,50,51)(H,52,53,54)/p-1. The zero-order chi connectivity index (χ0) is 41.1. The molecule has 1 aliphatic carbocycles. The van der Waals surface area contributed by atoms with E-state index in [0.29, 0.717) is 11.1 Å². The van der Waals surface area contributed by atoms with Gasteiger partial charge in [-0.15, -0.1) is 22.7 Å². The highest BCUT2D eigenvalue weighted by molar-refractivity contribution is 7.85. The first-order chi connectivity index (χ1) is 27.3. The van der Waals surface area contributed by atoms with Crippen LogP contribution in [0.15, 0.2) is 77.7 Å². The van der Waals surface area contributed by atoms with Gasteiger partial charge in [0.25, 0.3) is 0 Å². The zero-order valence-electron chi connectivity index (χ0n) is 31.7. The number of hydrogen-bond acceptors (Lipinski definition) is 8. The van der Waals surface area contributed by atoms with Crippen LogP contribution in [0, 0.1) is 17.5 Å². The van der Waals surface area contributed by atoms with Crippen molar-refractivity contribution < 1.29 is 40.8 Å². The molecule has 7 nitrogen and oxygen atoms in total. The van der Waals surface area contributed by atoms with Crippen LogP contribution >= 0.6 is 22.7 Å². The molecule has 58 heavy (non-hydrogen) atoms. The van der Waals surface area contributed by atoms with Crippen molar-refractivity contribution in [3.05, 3.63) is 129 Å². The Morgan fingerprint density at radius 1 is 0.776 bits per heavy atom. The number of ether oxygens (including phenoxy) is 1. The maximum Gasteiger partial charge on any atom is 0.341 e. The number of thiophene rings is 2. The normalized spacial score (nSPS) is 16.0. The van der Waals surface area contributed by atoms with Crippen LogP contribution < -0.4 is 20.1 Å². The quantitative estimate of drug-likeness (QED) is 0.140. The van der Waals surface area contributed by atoms with Gasteiger partial charge in [-0.1, -0.05) is 55.8 Å². The van der Waals surface area contributed by atoms with Crippen molar-refractivity contribution in [1.29, 1.82) is 0 Å². The van der Waals surface area contributed by atoms with Crippen molar-refractivity contribution in [3.63, 3.8) is 0 Å². The van der Waals surface area contributed by atoms with Crippen molar-refractivity contribution >= 4 is 75.8 Å². The smallest absolute Gasteiger partial charge is 0.341 e. The Morgan fingerprint density at radius 3 is 2.00 bits per heavy atom. The van der Waals surface area contributed by atoms with Crippen molar-refractivity contribution in [1.82, 2.24) is 0 Å². The Kier molecular flexibility index (Phi) is 7.50. The van der Waals surface area contributed by atoms with E-state index in [0.717, 1.165) is 57.5 Å². The number of carbonyl (C=O) groups is 1. The lowest BCUT2D eigenvalue weighted by Crippen LogP contribution is -2.41. The lowest BCUT2D eigenvalue weighted by Gasteiger charge is -2.43. The van der Waals surface area contributed by atoms with Crippen LogP contribution in [0.3, 0.4) is 0 Å². The number of rotatable bonds is 3. The van der Waals surface area contributed by atoms with Crippen LogP contribution in [0.4, 0.5) is 18.9 Å². The summed E-state index contributed by atoms with van der Waals surface area (Å²) in [5.41, 5.74) is 0.745. The molecule has 0 radical (unpaired) electrons. The molecular weight excluding hydrogens is 804 g/mol. The Hall–Kier alpha value is -5.47. The number of benzene rings is 5. The predicted molar refractivity (Wildman–Crippen MR) is 220 cm³/mol. The fraction of sp³-hybridized carbons (Fsp3) is 0.178. The summed E-state index contributed by atoms with van der Waals surface area (Å²) in [6.45, 7) is 10.4. The lowest BCUT2D eigenvalue weighted by molar-refractivity contribution is 0.0684. The first-order valence-electron chi connectivity index (χ1n) is 18.3. The topological polar surface area (TPSA) is 107 Å². The van der Waals surface area contributed by atoms with E-state index in [1.54, 1.807) is 35.6 Å². The fourth-order valence-electron chi connectivity index (χ4n) is 9.17. The molecule has 0 unspecified atom stereocenters. The molecule has 2 aliphatic heterocycles. The summed E-state index contributed by atoms with van der Waals surface area (Å²) in [5.74, 6) is -8.37. The monoisotopic (exact) mass is 834 g/mol. The van der Waals surface area contributed by atoms with Crippen molar-refractivity contribution in [2.24, 2.45) is 0 Å². The van der Waals surface area contributed by atoms with Gasteiger partial charge in [0, 0.05) is 82.0 Å². The summed E-state index contributed by atoms with van der Waals surface area (Å²) in [5, 5.41) is 12.6. The van der Waals surface area contributed by atoms with E-state index < -0.39 is 60.5 Å². The number of anilines is 1. The number of fused-ring (bicyclic) bond motifs is 12. The molecule has 0 saturated carbocycles. The Labute approximate surface area is 338 Å². The van der Waals surface area contributed by atoms with E-state index in [9.17, 15) is 22.9 Å². The van der Waals surface area contributed by atoms with E-state index in [1.165, 1.54) is 11.3 Å². The van der Waals surface area contributed by atoms with Crippen molar-refractivity contribution in [3.8, 4) is 32.4 Å². The van der Waals surface area contributed by atoms with E-state index in [2.05, 4.69) is 32.6 Å². The predicted octanol–water partition coefficient (Wildman–Crippen LogP) is 9.97. The van der Waals surface area contributed by atoms with E-state index in [-0.39, 0.29) is 27.9 Å². The molecule has 0 fully saturated rings. The molecule has 13 heteroatoms. The molecule has 292 valence electrons. The molecule has 0 atom stereocenters. The zero-order valence-corrected chi connectivity index (χ0v) is 34.2. The van der Waals surface area contributed by atoms with Crippen molar-refractivity contribution in [2.75, 3.05) is 11.9 Å². The van der Waals surface area contributed by atoms with Gasteiger partial charge >= 0.3 is 5.97 Å². The van der Waals surface area contributed by atoms with Crippen LogP contribution in [0.1, 0.15) is 67.2 Å². The molecule has 7 aromatic rings. The molecule has 3 aliphatic rings. The molecule has 5 aromatic carbocycles. The summed E-state index contributed by atoms with van der Waals surface area (Å²) in [4.78, 5) is 14.1. The van der Waals surface area contributed by atoms with Crippen LogP contribution in [-0.2, 0) is 21.1 Å². The average Bonchev–Trinajstić information content (AvgIpc) is 3.76. The first-order valence-corrected chi connectivity index (χ1v) is 21.3. The molecule has 10 rings (SSSR count). The van der Waals surface area contributed by atoms with Crippen LogP contribution in [0.25, 0.3) is 52.2 Å². The Balaban J connectivity index is 1.41. The highest BCUT2D eigenvalue weighted by atomic mass is 32.2. The van der Waals surface area contributed by atoms with Crippen molar-refractivity contribution in [2.45, 2.75) is 50.5 Å². The van der Waals surface area contributed by atoms with E-state index in [4.69, 9.17) is 4.74 Å². The molecule has 0 spiro atoms. The summed E-state index contributed by atoms with van der Waals surface area (Å²) in [6, 6.07) is 22.7. The number of carboxylic acid groups (broad SMARTS) is 1.